The number of hydrogen-bond donors (Lipinski definition) is 1. The number of para-hydroxylation sites is 1. The largest absolute Gasteiger partial charge is 0.487 e. The van der Waals surface area contributed by atoms with Crippen LogP contribution in [0.25, 0.3) is 10.2 Å². The van der Waals surface area contributed by atoms with Gasteiger partial charge in [-0.25, -0.2) is 13.1 Å². The molecule has 0 radical (unpaired) electrons. The molecule has 0 spiro atoms. The highest BCUT2D eigenvalue weighted by Crippen LogP contribution is 2.40. The number of ether oxygens (including phenoxy) is 1. The molecule has 0 saturated heterocycles. The Morgan fingerprint density at radius 2 is 1.96 bits per heavy atom. The van der Waals surface area contributed by atoms with Crippen molar-refractivity contribution in [1.82, 2.24) is 9.29 Å². The summed E-state index contributed by atoms with van der Waals surface area (Å²) in [5.41, 5.74) is 1.07. The Morgan fingerprint density at radius 3 is 2.74 bits per heavy atom. The molecule has 1 aliphatic rings. The summed E-state index contributed by atoms with van der Waals surface area (Å²) in [6.45, 7) is 3.88. The standard InChI is InChI=1S/C19H20N2O4S2/c1-19(2)11-14(13-6-4-5-7-16(13)25-19)20-27(23,24)12-8-9-15-17(10-12)26-18(22)21(15)3/h4-10,14,20H,11H2,1-3H3/t14-/m1/s1. The SMILES string of the molecule is Cn1c(=O)sc2cc(S(=O)(=O)N[C@@H]3CC(C)(C)Oc4ccccc43)ccc21. The van der Waals surface area contributed by atoms with Gasteiger partial charge in [-0.1, -0.05) is 29.5 Å². The van der Waals surface area contributed by atoms with E-state index in [1.807, 2.05) is 38.1 Å². The summed E-state index contributed by atoms with van der Waals surface area (Å²) in [6, 6.07) is 11.8. The van der Waals surface area contributed by atoms with E-state index in [1.54, 1.807) is 19.2 Å². The molecule has 4 rings (SSSR count). The summed E-state index contributed by atoms with van der Waals surface area (Å²) in [4.78, 5) is 11.9. The Labute approximate surface area is 161 Å². The first-order valence-corrected chi connectivity index (χ1v) is 10.9. The minimum absolute atomic E-state index is 0.118. The van der Waals surface area contributed by atoms with E-state index in [0.717, 1.165) is 22.4 Å². The number of nitrogens with one attached hydrogen (secondary N) is 1. The van der Waals surface area contributed by atoms with Crippen LogP contribution in [0.1, 0.15) is 31.9 Å². The molecule has 0 unspecified atom stereocenters. The van der Waals surface area contributed by atoms with E-state index in [0.29, 0.717) is 16.9 Å². The van der Waals surface area contributed by atoms with Crippen LogP contribution >= 0.6 is 11.3 Å². The molecule has 2 heterocycles. The van der Waals surface area contributed by atoms with Gasteiger partial charge in [0, 0.05) is 19.0 Å². The first-order chi connectivity index (χ1) is 12.7. The zero-order valence-corrected chi connectivity index (χ0v) is 16.9. The van der Waals surface area contributed by atoms with Crippen LogP contribution in [0.4, 0.5) is 0 Å². The average molecular weight is 405 g/mol. The van der Waals surface area contributed by atoms with Gasteiger partial charge in [-0.05, 0) is 38.1 Å². The number of benzene rings is 2. The lowest BCUT2D eigenvalue weighted by Gasteiger charge is -2.37. The Kier molecular flexibility index (Phi) is 4.17. The molecule has 0 saturated carbocycles. The van der Waals surface area contributed by atoms with Crippen LogP contribution in [0.5, 0.6) is 5.75 Å². The molecular weight excluding hydrogens is 384 g/mol. The molecule has 0 amide bonds. The van der Waals surface area contributed by atoms with Crippen LogP contribution in [0.15, 0.2) is 52.2 Å². The minimum Gasteiger partial charge on any atom is -0.487 e. The maximum Gasteiger partial charge on any atom is 0.307 e. The summed E-state index contributed by atoms with van der Waals surface area (Å²) in [5, 5.41) is 0. The van der Waals surface area contributed by atoms with Crippen molar-refractivity contribution in [2.24, 2.45) is 7.05 Å². The summed E-state index contributed by atoms with van der Waals surface area (Å²) in [5.74, 6) is 0.693. The monoisotopic (exact) mass is 404 g/mol. The highest BCUT2D eigenvalue weighted by atomic mass is 32.2. The van der Waals surface area contributed by atoms with Gasteiger partial charge in [-0.2, -0.15) is 0 Å². The first kappa shape index (κ1) is 18.2. The smallest absolute Gasteiger partial charge is 0.307 e. The number of sulfonamides is 1. The van der Waals surface area contributed by atoms with Crippen molar-refractivity contribution in [3.8, 4) is 5.75 Å². The molecule has 1 atom stereocenters. The lowest BCUT2D eigenvalue weighted by Crippen LogP contribution is -2.41. The highest BCUT2D eigenvalue weighted by Gasteiger charge is 2.36. The molecule has 0 fully saturated rings. The van der Waals surface area contributed by atoms with Gasteiger partial charge in [0.1, 0.15) is 11.4 Å². The van der Waals surface area contributed by atoms with Crippen molar-refractivity contribution in [1.29, 1.82) is 0 Å². The van der Waals surface area contributed by atoms with Crippen LogP contribution in [0.3, 0.4) is 0 Å². The van der Waals surface area contributed by atoms with E-state index in [1.165, 1.54) is 10.6 Å². The Morgan fingerprint density at radius 1 is 1.22 bits per heavy atom. The lowest BCUT2D eigenvalue weighted by molar-refractivity contribution is 0.0702. The molecule has 142 valence electrons. The van der Waals surface area contributed by atoms with Gasteiger partial charge in [0.25, 0.3) is 0 Å². The third-order valence-electron chi connectivity index (χ3n) is 4.75. The molecular formula is C19H20N2O4S2. The zero-order valence-electron chi connectivity index (χ0n) is 15.2. The van der Waals surface area contributed by atoms with E-state index < -0.39 is 15.6 Å². The molecule has 6 nitrogen and oxygen atoms in total. The molecule has 27 heavy (non-hydrogen) atoms. The van der Waals surface area contributed by atoms with E-state index in [2.05, 4.69) is 4.72 Å². The van der Waals surface area contributed by atoms with Crippen molar-refractivity contribution in [2.45, 2.75) is 36.8 Å². The summed E-state index contributed by atoms with van der Waals surface area (Å²) in [7, 11) is -2.08. The summed E-state index contributed by atoms with van der Waals surface area (Å²) >= 11 is 1.04. The number of rotatable bonds is 3. The Bertz CT molecular complexity index is 1190. The topological polar surface area (TPSA) is 77.4 Å². The van der Waals surface area contributed by atoms with E-state index in [9.17, 15) is 13.2 Å². The van der Waals surface area contributed by atoms with Crippen molar-refractivity contribution < 1.29 is 13.2 Å². The van der Waals surface area contributed by atoms with E-state index in [4.69, 9.17) is 4.74 Å². The molecule has 1 aliphatic heterocycles. The number of fused-ring (bicyclic) bond motifs is 2. The van der Waals surface area contributed by atoms with Crippen LogP contribution in [0.2, 0.25) is 0 Å². The van der Waals surface area contributed by atoms with Crippen LogP contribution in [-0.4, -0.2) is 18.6 Å². The number of aromatic nitrogens is 1. The van der Waals surface area contributed by atoms with Crippen molar-refractivity contribution in [3.05, 3.63) is 57.7 Å². The van der Waals surface area contributed by atoms with E-state index >= 15 is 0 Å². The van der Waals surface area contributed by atoms with Gasteiger partial charge in [0.15, 0.2) is 0 Å². The van der Waals surface area contributed by atoms with Crippen molar-refractivity contribution in [2.75, 3.05) is 0 Å². The lowest BCUT2D eigenvalue weighted by atomic mass is 9.90. The predicted molar refractivity (Wildman–Crippen MR) is 106 cm³/mol. The molecule has 1 N–H and O–H groups in total. The Balaban J connectivity index is 1.72. The number of thiazole rings is 1. The maximum absolute atomic E-state index is 13.0. The molecule has 3 aromatic rings. The van der Waals surface area contributed by atoms with Crippen molar-refractivity contribution >= 4 is 31.6 Å². The van der Waals surface area contributed by atoms with Crippen LogP contribution in [-0.2, 0) is 17.1 Å². The van der Waals surface area contributed by atoms with Gasteiger partial charge in [0.05, 0.1) is 21.2 Å². The quantitative estimate of drug-likeness (QED) is 0.727. The average Bonchev–Trinajstić information content (AvgIpc) is 2.87. The fraction of sp³-hybridized carbons (Fsp3) is 0.316. The fourth-order valence-corrected chi connectivity index (χ4v) is 5.68. The van der Waals surface area contributed by atoms with Crippen LogP contribution in [0, 0.1) is 0 Å². The third kappa shape index (κ3) is 3.28. The van der Waals surface area contributed by atoms with E-state index in [-0.39, 0.29) is 15.8 Å². The molecule has 8 heteroatoms. The van der Waals surface area contributed by atoms with Gasteiger partial charge in [-0.3, -0.25) is 4.79 Å². The zero-order chi connectivity index (χ0) is 19.4. The summed E-state index contributed by atoms with van der Waals surface area (Å²) < 4.78 is 37.0. The van der Waals surface area contributed by atoms with Gasteiger partial charge >= 0.3 is 4.87 Å². The Hall–Kier alpha value is -2.16. The molecule has 0 aliphatic carbocycles. The predicted octanol–water partition coefficient (Wildman–Crippen LogP) is 3.18. The van der Waals surface area contributed by atoms with Gasteiger partial charge in [0.2, 0.25) is 10.0 Å². The normalized spacial score (nSPS) is 18.9. The van der Waals surface area contributed by atoms with Crippen LogP contribution < -0.4 is 14.3 Å². The number of aryl methyl sites for hydroxylation is 1. The second-order valence-electron chi connectivity index (χ2n) is 7.33. The third-order valence-corrected chi connectivity index (χ3v) is 7.21. The highest BCUT2D eigenvalue weighted by molar-refractivity contribution is 7.89. The first-order valence-electron chi connectivity index (χ1n) is 8.56. The molecule has 2 aromatic carbocycles. The second-order valence-corrected chi connectivity index (χ2v) is 10.0. The fourth-order valence-electron chi connectivity index (χ4n) is 3.44. The minimum atomic E-state index is -3.76. The summed E-state index contributed by atoms with van der Waals surface area (Å²) in [6.07, 6.45) is 0.518. The van der Waals surface area contributed by atoms with Crippen molar-refractivity contribution in [3.63, 3.8) is 0 Å². The molecule has 1 aromatic heterocycles. The molecule has 0 bridgehead atoms. The second kappa shape index (κ2) is 6.19. The van der Waals surface area contributed by atoms with Gasteiger partial charge < -0.3 is 9.30 Å². The number of nitrogens with zero attached hydrogens (tertiary/aromatic N) is 1. The van der Waals surface area contributed by atoms with Gasteiger partial charge in [-0.15, -0.1) is 0 Å². The number of hydrogen-bond acceptors (Lipinski definition) is 5. The maximum atomic E-state index is 13.0.